The number of hydrogen-bond donors (Lipinski definition) is 39. The van der Waals surface area contributed by atoms with E-state index in [0.29, 0.717) is 0 Å². The maximum atomic E-state index is 4.93. The van der Waals surface area contributed by atoms with Gasteiger partial charge in [0.15, 0.2) is 0 Å². The van der Waals surface area contributed by atoms with Crippen LogP contribution in [0.25, 0.3) is 0 Å². The molecule has 236 valence electrons. The zero-order valence-corrected chi connectivity index (χ0v) is 19.7. The molecule has 39 nitrogen and oxygen atoms in total. The minimum absolute atomic E-state index is 2.12. The molecule has 0 aromatic carbocycles. The molecule has 0 fully saturated rings. The van der Waals surface area contributed by atoms with Crippen LogP contribution in [0, 0.1) is 0 Å². The number of hydrazine groups is 38. The van der Waals surface area contributed by atoms with Crippen LogP contribution in [0.2, 0.25) is 0 Å². The second kappa shape index (κ2) is 36.4. The van der Waals surface area contributed by atoms with E-state index in [1.807, 2.05) is 0 Å². The lowest BCUT2D eigenvalue weighted by Crippen LogP contribution is -2.70. The Hall–Kier alpha value is -1.56. The fraction of sp³-hybridized carbons (Fsp3) is 0. The van der Waals surface area contributed by atoms with Crippen LogP contribution in [0.5, 0.6) is 0 Å². The summed E-state index contributed by atoms with van der Waals surface area (Å²) < 4.78 is 0. The van der Waals surface area contributed by atoms with Crippen molar-refractivity contribution in [3.63, 3.8) is 0 Å². The van der Waals surface area contributed by atoms with Crippen molar-refractivity contribution in [3.05, 3.63) is 0 Å². The summed E-state index contributed by atoms with van der Waals surface area (Å²) in [6.45, 7) is 0. The molecule has 0 aliphatic carbocycles. The fourth-order valence-corrected chi connectivity index (χ4v) is 1.10. The van der Waals surface area contributed by atoms with Gasteiger partial charge in [0.05, 0.1) is 0 Å². The number of hydrogen-bond acceptors (Lipinski definition) is 39. The predicted molar refractivity (Wildman–Crippen MR) is 124 cm³/mol. The summed E-state index contributed by atoms with van der Waals surface area (Å²) in [4.78, 5) is 0. The topological polar surface area (TPSA) is 497 Å². The largest absolute Gasteiger partial charge is 0.257 e. The molecule has 0 rings (SSSR count). The van der Waals surface area contributed by atoms with Crippen molar-refractivity contribution >= 4 is 0 Å². The third-order valence-corrected chi connectivity index (χ3v) is 2.27. The first-order chi connectivity index (χ1) is 19.4. The maximum absolute atomic E-state index is 4.93. The first-order valence-electron chi connectivity index (χ1n) is 9.58. The Balaban J connectivity index is 3.01. The molecule has 0 amide bonds. The van der Waals surface area contributed by atoms with Crippen molar-refractivity contribution in [2.24, 2.45) is 11.7 Å². The molecule has 0 bridgehead atoms. The number of rotatable bonds is 36. The lowest BCUT2D eigenvalue weighted by molar-refractivity contribution is 0.180. The van der Waals surface area contributed by atoms with Crippen molar-refractivity contribution in [2.75, 3.05) is 0 Å². The van der Waals surface area contributed by atoms with Gasteiger partial charge < -0.3 is 0 Å². The molecule has 41 N–H and O–H groups in total. The Kier molecular flexibility index (Phi) is 35.0. The van der Waals surface area contributed by atoms with Crippen LogP contribution in [0.15, 0.2) is 0 Å². The zero-order chi connectivity index (χ0) is 28.2. The molecule has 0 aromatic rings. The third-order valence-electron chi connectivity index (χ3n) is 2.27. The summed E-state index contributed by atoms with van der Waals surface area (Å²) in [6, 6.07) is 0. The van der Waals surface area contributed by atoms with Crippen molar-refractivity contribution < 1.29 is 0 Å². The average molecular weight is 588 g/mol. The van der Waals surface area contributed by atoms with Gasteiger partial charge in [-0.2, -0.15) is 205 Å². The second-order valence-electron chi connectivity index (χ2n) is 4.66. The molecule has 0 radical (unpaired) electrons. The van der Waals surface area contributed by atoms with Crippen LogP contribution in [-0.2, 0) is 0 Å². The van der Waals surface area contributed by atoms with Gasteiger partial charge >= 0.3 is 0 Å². The van der Waals surface area contributed by atoms with Crippen LogP contribution >= 0.6 is 0 Å². The van der Waals surface area contributed by atoms with E-state index < -0.39 is 0 Å². The first-order valence-corrected chi connectivity index (χ1v) is 9.58. The molecule has 0 spiro atoms. The molecule has 0 atom stereocenters. The van der Waals surface area contributed by atoms with E-state index in [2.05, 4.69) is 205 Å². The van der Waals surface area contributed by atoms with Gasteiger partial charge in [0.1, 0.15) is 0 Å². The Bertz CT molecular complexity index is 349. The summed E-state index contributed by atoms with van der Waals surface area (Å²) in [5.74, 6) is 9.86. The van der Waals surface area contributed by atoms with Crippen LogP contribution in [0.3, 0.4) is 0 Å². The van der Waals surface area contributed by atoms with Gasteiger partial charge in [-0.25, -0.2) is 0 Å². The van der Waals surface area contributed by atoms with Gasteiger partial charge in [-0.15, -0.1) is 0 Å². The molecule has 0 unspecified atom stereocenters. The molecular formula is H41N39. The van der Waals surface area contributed by atoms with E-state index in [9.17, 15) is 0 Å². The van der Waals surface area contributed by atoms with Gasteiger partial charge in [0.25, 0.3) is 0 Å². The van der Waals surface area contributed by atoms with E-state index in [0.717, 1.165) is 0 Å². The number of nitrogens with one attached hydrogen (secondary N) is 37. The number of nitrogens with two attached hydrogens (primary N) is 2. The van der Waals surface area contributed by atoms with Gasteiger partial charge in [0, 0.05) is 0 Å². The van der Waals surface area contributed by atoms with E-state index in [1.54, 1.807) is 0 Å². The highest BCUT2D eigenvalue weighted by Gasteiger charge is 1.86. The Morgan fingerprint density at radius 2 is 0.205 bits per heavy atom. The molecule has 0 heterocycles. The van der Waals surface area contributed by atoms with Gasteiger partial charge in [-0.3, -0.25) is 11.7 Å². The first kappa shape index (κ1) is 37.4. The Labute approximate surface area is 217 Å². The SMILES string of the molecule is NNNNNNNNNNNNNNNNNNNNNNNNNNNNNNNNNNNNNNN. The highest BCUT2D eigenvalue weighted by atomic mass is 16.0. The molecule has 0 saturated carbocycles. The molecule has 39 heteroatoms. The summed E-state index contributed by atoms with van der Waals surface area (Å²) in [5.41, 5.74) is 90.6. The van der Waals surface area contributed by atoms with Crippen molar-refractivity contribution in [1.82, 2.24) is 205 Å². The van der Waals surface area contributed by atoms with Crippen molar-refractivity contribution in [1.29, 1.82) is 0 Å². The molecule has 0 aliphatic heterocycles. The lowest BCUT2D eigenvalue weighted by Gasteiger charge is -2.16. The lowest BCUT2D eigenvalue weighted by atomic mass is 12.0. The van der Waals surface area contributed by atoms with Gasteiger partial charge in [-0.05, 0) is 0 Å². The van der Waals surface area contributed by atoms with Crippen LogP contribution < -0.4 is 216 Å². The highest BCUT2D eigenvalue weighted by Crippen LogP contribution is 1.31. The van der Waals surface area contributed by atoms with Gasteiger partial charge in [-0.1, -0.05) is 0 Å². The normalized spacial score (nSPS) is 11.5. The van der Waals surface area contributed by atoms with E-state index in [1.165, 1.54) is 0 Å². The molecular weight excluding hydrogens is 546 g/mol. The van der Waals surface area contributed by atoms with Crippen molar-refractivity contribution in [3.8, 4) is 0 Å². The smallest absolute Gasteiger partial charge is 0.164 e. The predicted octanol–water partition coefficient (Wildman–Crippen LogP) is -19.5. The van der Waals surface area contributed by atoms with E-state index in [4.69, 9.17) is 11.7 Å². The second-order valence-corrected chi connectivity index (χ2v) is 4.66. The quantitative estimate of drug-likeness (QED) is 0.0183. The average Bonchev–Trinajstić information content (AvgIpc) is 2.95. The summed E-state index contributed by atoms with van der Waals surface area (Å²) in [5, 5.41) is 0. The summed E-state index contributed by atoms with van der Waals surface area (Å²) in [6.07, 6.45) is 0. The highest BCUT2D eigenvalue weighted by molar-refractivity contribution is 4.20. The van der Waals surface area contributed by atoms with Crippen molar-refractivity contribution in [2.45, 2.75) is 0 Å². The van der Waals surface area contributed by atoms with Crippen LogP contribution in [-0.4, -0.2) is 0 Å². The standard InChI is InChI=1S/H41N39/c1-3-5-7-9-11-13-15-17-19-21-23-25-27-29-31-33-35-37-39-38-36-34-32-30-28-26-24-22-20-18-16-14-12-10-8-6-4-2/h3-39H,1-2H2. The Morgan fingerprint density at radius 3 is 0.282 bits per heavy atom. The van der Waals surface area contributed by atoms with E-state index in [-0.39, 0.29) is 0 Å². The van der Waals surface area contributed by atoms with Crippen LogP contribution in [0.1, 0.15) is 0 Å². The molecule has 39 heavy (non-hydrogen) atoms. The minimum atomic E-state index is 2.12. The summed E-state index contributed by atoms with van der Waals surface area (Å²) >= 11 is 0. The molecule has 0 aliphatic rings. The fourth-order valence-electron chi connectivity index (χ4n) is 1.10. The molecule has 0 aromatic heterocycles. The minimum Gasteiger partial charge on any atom is -0.257 e. The van der Waals surface area contributed by atoms with E-state index >= 15 is 0 Å². The maximum Gasteiger partial charge on any atom is -0.164 e. The summed E-state index contributed by atoms with van der Waals surface area (Å²) in [7, 11) is 0. The monoisotopic (exact) mass is 587 g/mol. The van der Waals surface area contributed by atoms with Gasteiger partial charge in [0.2, 0.25) is 0 Å². The molecule has 0 saturated heterocycles. The zero-order valence-electron chi connectivity index (χ0n) is 19.7. The third kappa shape index (κ3) is 36.4. The van der Waals surface area contributed by atoms with Crippen LogP contribution in [0.4, 0.5) is 0 Å². The Morgan fingerprint density at radius 1 is 0.128 bits per heavy atom.